The van der Waals surface area contributed by atoms with Gasteiger partial charge in [0, 0.05) is 24.0 Å². The van der Waals surface area contributed by atoms with E-state index in [2.05, 4.69) is 5.32 Å². The molecule has 0 aliphatic carbocycles. The van der Waals surface area contributed by atoms with Crippen LogP contribution in [0.4, 0.5) is 11.4 Å². The van der Waals surface area contributed by atoms with Crippen molar-refractivity contribution in [3.63, 3.8) is 0 Å². The third kappa shape index (κ3) is 3.36. The predicted molar refractivity (Wildman–Crippen MR) is 80.7 cm³/mol. The summed E-state index contributed by atoms with van der Waals surface area (Å²) in [5.74, 6) is -0.163. The summed E-state index contributed by atoms with van der Waals surface area (Å²) in [4.78, 5) is 12.3. The van der Waals surface area contributed by atoms with E-state index in [4.69, 9.17) is 10.5 Å². The van der Waals surface area contributed by atoms with Gasteiger partial charge in [0.05, 0.1) is 6.61 Å². The van der Waals surface area contributed by atoms with Crippen LogP contribution in [0.25, 0.3) is 0 Å². The van der Waals surface area contributed by atoms with E-state index in [0.717, 1.165) is 16.8 Å². The zero-order valence-electron chi connectivity index (χ0n) is 11.6. The summed E-state index contributed by atoms with van der Waals surface area (Å²) in [7, 11) is 1.64. The van der Waals surface area contributed by atoms with E-state index >= 15 is 0 Å². The van der Waals surface area contributed by atoms with Crippen molar-refractivity contribution < 1.29 is 9.53 Å². The number of nitrogens with one attached hydrogen (secondary N) is 1. The summed E-state index contributed by atoms with van der Waals surface area (Å²) in [6.07, 6.45) is 0. The van der Waals surface area contributed by atoms with E-state index in [9.17, 15) is 4.79 Å². The Bertz CT molecular complexity index is 624. The van der Waals surface area contributed by atoms with Crippen LogP contribution in [0.5, 0.6) is 0 Å². The van der Waals surface area contributed by atoms with E-state index < -0.39 is 0 Å². The highest BCUT2D eigenvalue weighted by Crippen LogP contribution is 2.16. The normalized spacial score (nSPS) is 10.3. The van der Waals surface area contributed by atoms with Gasteiger partial charge in [0.25, 0.3) is 5.91 Å². The minimum Gasteiger partial charge on any atom is -0.399 e. The Morgan fingerprint density at radius 1 is 1.25 bits per heavy atom. The van der Waals surface area contributed by atoms with Gasteiger partial charge in [0.1, 0.15) is 0 Å². The molecule has 0 saturated carbocycles. The summed E-state index contributed by atoms with van der Waals surface area (Å²) in [6.45, 7) is 2.40. The SMILES string of the molecule is COCc1cccc(NC(=O)c2cc(N)ccc2C)c1. The highest BCUT2D eigenvalue weighted by molar-refractivity contribution is 6.05. The van der Waals surface area contributed by atoms with E-state index in [-0.39, 0.29) is 5.91 Å². The van der Waals surface area contributed by atoms with Gasteiger partial charge in [-0.3, -0.25) is 4.79 Å². The van der Waals surface area contributed by atoms with Gasteiger partial charge < -0.3 is 15.8 Å². The zero-order chi connectivity index (χ0) is 14.5. The minimum atomic E-state index is -0.163. The second-order valence-corrected chi connectivity index (χ2v) is 4.66. The molecule has 0 aliphatic rings. The number of nitrogens with two attached hydrogens (primary N) is 1. The van der Waals surface area contributed by atoms with Crippen LogP contribution in [0.15, 0.2) is 42.5 Å². The van der Waals surface area contributed by atoms with Crippen molar-refractivity contribution in [2.24, 2.45) is 0 Å². The fourth-order valence-corrected chi connectivity index (χ4v) is 1.99. The number of benzene rings is 2. The number of rotatable bonds is 4. The van der Waals surface area contributed by atoms with Crippen LogP contribution in [0, 0.1) is 6.92 Å². The zero-order valence-corrected chi connectivity index (χ0v) is 11.6. The first kappa shape index (κ1) is 14.1. The molecular weight excluding hydrogens is 252 g/mol. The van der Waals surface area contributed by atoms with E-state index in [1.54, 1.807) is 19.2 Å². The molecule has 0 atom stereocenters. The van der Waals surface area contributed by atoms with Crippen LogP contribution in [-0.4, -0.2) is 13.0 Å². The van der Waals surface area contributed by atoms with Gasteiger partial charge in [-0.15, -0.1) is 0 Å². The fourth-order valence-electron chi connectivity index (χ4n) is 1.99. The number of amides is 1. The maximum Gasteiger partial charge on any atom is 0.256 e. The van der Waals surface area contributed by atoms with Crippen LogP contribution < -0.4 is 11.1 Å². The number of hydrogen-bond donors (Lipinski definition) is 2. The molecule has 0 aliphatic heterocycles. The first-order valence-electron chi connectivity index (χ1n) is 6.35. The van der Waals surface area contributed by atoms with Crippen LogP contribution in [0.3, 0.4) is 0 Å². The lowest BCUT2D eigenvalue weighted by Crippen LogP contribution is -2.14. The molecule has 2 rings (SSSR count). The Hall–Kier alpha value is -2.33. The second kappa shape index (κ2) is 6.21. The van der Waals surface area contributed by atoms with E-state index in [0.29, 0.717) is 17.9 Å². The number of ether oxygens (including phenoxy) is 1. The Morgan fingerprint density at radius 2 is 2.05 bits per heavy atom. The Kier molecular flexibility index (Phi) is 4.38. The molecule has 0 unspecified atom stereocenters. The smallest absolute Gasteiger partial charge is 0.256 e. The number of anilines is 2. The third-order valence-electron chi connectivity index (χ3n) is 3.00. The lowest BCUT2D eigenvalue weighted by Gasteiger charge is -2.09. The van der Waals surface area contributed by atoms with Crippen LogP contribution in [0.1, 0.15) is 21.5 Å². The maximum atomic E-state index is 12.3. The van der Waals surface area contributed by atoms with Gasteiger partial charge in [0.2, 0.25) is 0 Å². The first-order chi connectivity index (χ1) is 9.60. The molecule has 1 amide bonds. The quantitative estimate of drug-likeness (QED) is 0.839. The molecule has 0 bridgehead atoms. The van der Waals surface area contributed by atoms with Crippen molar-refractivity contribution in [1.82, 2.24) is 0 Å². The molecule has 0 spiro atoms. The van der Waals surface area contributed by atoms with Crippen LogP contribution >= 0.6 is 0 Å². The van der Waals surface area contributed by atoms with Crippen LogP contribution in [0.2, 0.25) is 0 Å². The van der Waals surface area contributed by atoms with Crippen molar-refractivity contribution in [3.8, 4) is 0 Å². The minimum absolute atomic E-state index is 0.163. The summed E-state index contributed by atoms with van der Waals surface area (Å²) < 4.78 is 5.08. The number of aryl methyl sites for hydroxylation is 1. The van der Waals surface area contributed by atoms with E-state index in [1.807, 2.05) is 37.3 Å². The van der Waals surface area contributed by atoms with Crippen molar-refractivity contribution in [1.29, 1.82) is 0 Å². The van der Waals surface area contributed by atoms with E-state index in [1.165, 1.54) is 0 Å². The molecule has 0 saturated heterocycles. The number of carbonyl (C=O) groups excluding carboxylic acids is 1. The van der Waals surface area contributed by atoms with Gasteiger partial charge in [-0.1, -0.05) is 18.2 Å². The summed E-state index contributed by atoms with van der Waals surface area (Å²) in [6, 6.07) is 12.9. The number of carbonyl (C=O) groups is 1. The number of hydrogen-bond acceptors (Lipinski definition) is 3. The predicted octanol–water partition coefficient (Wildman–Crippen LogP) is 2.98. The maximum absolute atomic E-state index is 12.3. The first-order valence-corrected chi connectivity index (χ1v) is 6.35. The summed E-state index contributed by atoms with van der Waals surface area (Å²) in [5, 5.41) is 2.88. The standard InChI is InChI=1S/C16H18N2O2/c1-11-6-7-13(17)9-15(11)16(19)18-14-5-3-4-12(8-14)10-20-2/h3-9H,10,17H2,1-2H3,(H,18,19). The number of methoxy groups -OCH3 is 1. The molecule has 2 aromatic carbocycles. The van der Waals surface area contributed by atoms with Gasteiger partial charge in [0.15, 0.2) is 0 Å². The monoisotopic (exact) mass is 270 g/mol. The molecule has 104 valence electrons. The van der Waals surface area contributed by atoms with Crippen molar-refractivity contribution in [3.05, 3.63) is 59.2 Å². The Labute approximate surface area is 118 Å². The average Bonchev–Trinajstić information content (AvgIpc) is 2.42. The molecule has 4 heteroatoms. The molecule has 2 aromatic rings. The summed E-state index contributed by atoms with van der Waals surface area (Å²) in [5.41, 5.74) is 9.53. The van der Waals surface area contributed by atoms with Crippen molar-refractivity contribution in [2.75, 3.05) is 18.2 Å². The van der Waals surface area contributed by atoms with Crippen LogP contribution in [-0.2, 0) is 11.3 Å². The lowest BCUT2D eigenvalue weighted by atomic mass is 10.1. The highest BCUT2D eigenvalue weighted by atomic mass is 16.5. The van der Waals surface area contributed by atoms with Crippen molar-refractivity contribution in [2.45, 2.75) is 13.5 Å². The molecule has 0 aromatic heterocycles. The van der Waals surface area contributed by atoms with Gasteiger partial charge >= 0.3 is 0 Å². The molecule has 0 fully saturated rings. The van der Waals surface area contributed by atoms with Gasteiger partial charge in [-0.2, -0.15) is 0 Å². The fraction of sp³-hybridized carbons (Fsp3) is 0.188. The Morgan fingerprint density at radius 3 is 2.80 bits per heavy atom. The molecule has 4 nitrogen and oxygen atoms in total. The highest BCUT2D eigenvalue weighted by Gasteiger charge is 2.10. The molecule has 0 radical (unpaired) electrons. The van der Waals surface area contributed by atoms with Crippen molar-refractivity contribution >= 4 is 17.3 Å². The molecule has 20 heavy (non-hydrogen) atoms. The topological polar surface area (TPSA) is 64.3 Å². The lowest BCUT2D eigenvalue weighted by molar-refractivity contribution is 0.102. The van der Waals surface area contributed by atoms with Gasteiger partial charge in [-0.25, -0.2) is 0 Å². The third-order valence-corrected chi connectivity index (χ3v) is 3.00. The second-order valence-electron chi connectivity index (χ2n) is 4.66. The van der Waals surface area contributed by atoms with Gasteiger partial charge in [-0.05, 0) is 42.3 Å². The number of nitrogen functional groups attached to an aromatic ring is 1. The Balaban J connectivity index is 2.19. The largest absolute Gasteiger partial charge is 0.399 e. The molecule has 0 heterocycles. The molecular formula is C16H18N2O2. The summed E-state index contributed by atoms with van der Waals surface area (Å²) >= 11 is 0. The molecule has 3 N–H and O–H groups in total. The average molecular weight is 270 g/mol.